The molecule has 0 unspecified atom stereocenters. The second kappa shape index (κ2) is 6.12. The minimum Gasteiger partial charge on any atom is -0.289 e. The van der Waals surface area contributed by atoms with E-state index in [4.69, 9.17) is 0 Å². The Morgan fingerprint density at radius 2 is 1.89 bits per heavy atom. The maximum absolute atomic E-state index is 11.8. The number of carbonyl (C=O) groups is 1. The van der Waals surface area contributed by atoms with Crippen LogP contribution in [-0.2, 0) is 0 Å². The zero-order chi connectivity index (χ0) is 12.8. The number of benzene rings is 1. The summed E-state index contributed by atoms with van der Waals surface area (Å²) in [6.45, 7) is 2.01. The molecule has 0 radical (unpaired) electrons. The highest BCUT2D eigenvalue weighted by atomic mass is 32.1. The van der Waals surface area contributed by atoms with Crippen LogP contribution in [0.1, 0.15) is 20.8 Å². The Labute approximate surface area is 111 Å². The maximum atomic E-state index is 11.8. The standard InChI is InChI=1S/C16H14OS/c1-13-8-10-14(11-9-13)16(17)7-3-2-5-15-6-4-12-18-15/h2-12H,1H3. The summed E-state index contributed by atoms with van der Waals surface area (Å²) in [5, 5.41) is 2.03. The summed E-state index contributed by atoms with van der Waals surface area (Å²) in [4.78, 5) is 13.0. The Bertz CT molecular complexity index is 560. The molecule has 18 heavy (non-hydrogen) atoms. The summed E-state index contributed by atoms with van der Waals surface area (Å²) in [5.41, 5.74) is 1.88. The number of carbonyl (C=O) groups excluding carboxylic acids is 1. The maximum Gasteiger partial charge on any atom is 0.185 e. The van der Waals surface area contributed by atoms with Gasteiger partial charge in [0.2, 0.25) is 0 Å². The summed E-state index contributed by atoms with van der Waals surface area (Å²) in [7, 11) is 0. The van der Waals surface area contributed by atoms with Crippen LogP contribution in [0.4, 0.5) is 0 Å². The van der Waals surface area contributed by atoms with Gasteiger partial charge in [0.05, 0.1) is 0 Å². The molecule has 0 amide bonds. The average molecular weight is 254 g/mol. The molecule has 1 aromatic heterocycles. The molecular weight excluding hydrogens is 240 g/mol. The van der Waals surface area contributed by atoms with E-state index < -0.39 is 0 Å². The van der Waals surface area contributed by atoms with Crippen LogP contribution in [0.2, 0.25) is 0 Å². The summed E-state index contributed by atoms with van der Waals surface area (Å²) < 4.78 is 0. The fourth-order valence-corrected chi connectivity index (χ4v) is 2.12. The van der Waals surface area contributed by atoms with Crippen molar-refractivity contribution >= 4 is 23.2 Å². The normalized spacial score (nSPS) is 11.4. The SMILES string of the molecule is Cc1ccc(C(=O)C=CC=Cc2cccs2)cc1. The van der Waals surface area contributed by atoms with Crippen molar-refractivity contribution in [2.24, 2.45) is 0 Å². The van der Waals surface area contributed by atoms with Crippen molar-refractivity contribution in [1.29, 1.82) is 0 Å². The summed E-state index contributed by atoms with van der Waals surface area (Å²) in [6.07, 6.45) is 7.25. The average Bonchev–Trinajstić information content (AvgIpc) is 2.88. The third-order valence-electron chi connectivity index (χ3n) is 2.50. The van der Waals surface area contributed by atoms with Crippen LogP contribution in [-0.4, -0.2) is 5.78 Å². The zero-order valence-electron chi connectivity index (χ0n) is 10.2. The number of aryl methyl sites for hydroxylation is 1. The van der Waals surface area contributed by atoms with Gasteiger partial charge in [0, 0.05) is 10.4 Å². The van der Waals surface area contributed by atoms with Crippen LogP contribution in [0.25, 0.3) is 6.08 Å². The van der Waals surface area contributed by atoms with E-state index in [0.717, 1.165) is 11.1 Å². The molecule has 1 aromatic carbocycles. The minimum absolute atomic E-state index is 0.0332. The lowest BCUT2D eigenvalue weighted by molar-refractivity contribution is 0.104. The van der Waals surface area contributed by atoms with Gasteiger partial charge in [0.1, 0.15) is 0 Å². The first-order valence-electron chi connectivity index (χ1n) is 5.75. The minimum atomic E-state index is 0.0332. The van der Waals surface area contributed by atoms with Gasteiger partial charge in [-0.2, -0.15) is 0 Å². The first-order valence-corrected chi connectivity index (χ1v) is 6.63. The molecule has 0 bridgehead atoms. The van der Waals surface area contributed by atoms with Crippen molar-refractivity contribution in [3.63, 3.8) is 0 Å². The number of allylic oxidation sites excluding steroid dienone is 3. The number of rotatable bonds is 4. The van der Waals surface area contributed by atoms with Crippen molar-refractivity contribution in [3.8, 4) is 0 Å². The van der Waals surface area contributed by atoms with Crippen LogP contribution < -0.4 is 0 Å². The molecule has 0 fully saturated rings. The molecule has 90 valence electrons. The van der Waals surface area contributed by atoms with Gasteiger partial charge in [-0.3, -0.25) is 4.79 Å². The lowest BCUT2D eigenvalue weighted by Gasteiger charge is -1.95. The third kappa shape index (κ3) is 3.54. The van der Waals surface area contributed by atoms with E-state index >= 15 is 0 Å². The molecular formula is C16H14OS. The van der Waals surface area contributed by atoms with E-state index in [0.29, 0.717) is 0 Å². The molecule has 1 nitrogen and oxygen atoms in total. The third-order valence-corrected chi connectivity index (χ3v) is 3.34. The molecule has 0 aliphatic carbocycles. The molecule has 0 aliphatic rings. The van der Waals surface area contributed by atoms with Gasteiger partial charge in [-0.1, -0.05) is 48.0 Å². The molecule has 0 aliphatic heterocycles. The highest BCUT2D eigenvalue weighted by Crippen LogP contribution is 2.10. The molecule has 0 atom stereocenters. The largest absolute Gasteiger partial charge is 0.289 e. The Kier molecular flexibility index (Phi) is 4.26. The predicted octanol–water partition coefficient (Wildman–Crippen LogP) is 4.51. The number of ketones is 1. The van der Waals surface area contributed by atoms with E-state index in [-0.39, 0.29) is 5.78 Å². The predicted molar refractivity (Wildman–Crippen MR) is 78.0 cm³/mol. The van der Waals surface area contributed by atoms with E-state index in [1.54, 1.807) is 23.5 Å². The van der Waals surface area contributed by atoms with Crippen LogP contribution in [0, 0.1) is 6.92 Å². The molecule has 0 saturated heterocycles. The molecule has 0 saturated carbocycles. The van der Waals surface area contributed by atoms with Crippen LogP contribution in [0.15, 0.2) is 60.0 Å². The van der Waals surface area contributed by atoms with Gasteiger partial charge in [-0.15, -0.1) is 11.3 Å². The zero-order valence-corrected chi connectivity index (χ0v) is 11.0. The van der Waals surface area contributed by atoms with Crippen LogP contribution in [0.5, 0.6) is 0 Å². The topological polar surface area (TPSA) is 17.1 Å². The molecule has 2 heteroatoms. The molecule has 2 aromatic rings. The summed E-state index contributed by atoms with van der Waals surface area (Å²) in [6, 6.07) is 11.6. The lowest BCUT2D eigenvalue weighted by Crippen LogP contribution is -1.93. The van der Waals surface area contributed by atoms with E-state index in [1.165, 1.54) is 4.88 Å². The van der Waals surface area contributed by atoms with Gasteiger partial charge < -0.3 is 0 Å². The number of thiophene rings is 1. The second-order valence-electron chi connectivity index (χ2n) is 3.96. The smallest absolute Gasteiger partial charge is 0.185 e. The summed E-state index contributed by atoms with van der Waals surface area (Å²) in [5.74, 6) is 0.0332. The van der Waals surface area contributed by atoms with Crippen molar-refractivity contribution in [2.45, 2.75) is 6.92 Å². The second-order valence-corrected chi connectivity index (χ2v) is 4.94. The fourth-order valence-electron chi connectivity index (χ4n) is 1.49. The van der Waals surface area contributed by atoms with Crippen LogP contribution in [0.3, 0.4) is 0 Å². The Morgan fingerprint density at radius 1 is 1.11 bits per heavy atom. The highest BCUT2D eigenvalue weighted by Gasteiger charge is 1.99. The quantitative estimate of drug-likeness (QED) is 0.446. The Hall–Kier alpha value is -1.93. The Morgan fingerprint density at radius 3 is 2.56 bits per heavy atom. The Balaban J connectivity index is 1.97. The first-order chi connectivity index (χ1) is 8.75. The van der Waals surface area contributed by atoms with Gasteiger partial charge in [0.25, 0.3) is 0 Å². The van der Waals surface area contributed by atoms with E-state index in [9.17, 15) is 4.79 Å². The van der Waals surface area contributed by atoms with Gasteiger partial charge in [-0.05, 0) is 30.5 Å². The van der Waals surface area contributed by atoms with E-state index in [1.807, 2.05) is 60.9 Å². The fraction of sp³-hybridized carbons (Fsp3) is 0.0625. The van der Waals surface area contributed by atoms with Crippen molar-refractivity contribution < 1.29 is 4.79 Å². The van der Waals surface area contributed by atoms with Gasteiger partial charge >= 0.3 is 0 Å². The monoisotopic (exact) mass is 254 g/mol. The highest BCUT2D eigenvalue weighted by molar-refractivity contribution is 7.10. The van der Waals surface area contributed by atoms with Gasteiger partial charge in [-0.25, -0.2) is 0 Å². The van der Waals surface area contributed by atoms with Crippen molar-refractivity contribution in [2.75, 3.05) is 0 Å². The summed E-state index contributed by atoms with van der Waals surface area (Å²) >= 11 is 1.67. The number of hydrogen-bond acceptors (Lipinski definition) is 2. The van der Waals surface area contributed by atoms with Gasteiger partial charge in [0.15, 0.2) is 5.78 Å². The van der Waals surface area contributed by atoms with Crippen molar-refractivity contribution in [3.05, 3.63) is 76.0 Å². The molecule has 1 heterocycles. The van der Waals surface area contributed by atoms with Crippen molar-refractivity contribution in [1.82, 2.24) is 0 Å². The van der Waals surface area contributed by atoms with E-state index in [2.05, 4.69) is 0 Å². The first kappa shape index (κ1) is 12.5. The molecule has 0 spiro atoms. The number of hydrogen-bond donors (Lipinski definition) is 0. The lowest BCUT2D eigenvalue weighted by atomic mass is 10.1. The molecule has 0 N–H and O–H groups in total. The van der Waals surface area contributed by atoms with Crippen LogP contribution >= 0.6 is 11.3 Å². The molecule has 2 rings (SSSR count).